The van der Waals surface area contributed by atoms with E-state index in [-0.39, 0.29) is 23.8 Å². The van der Waals surface area contributed by atoms with Gasteiger partial charge in [0.1, 0.15) is 6.29 Å². The number of fused-ring (bicyclic) bond motifs is 5. The summed E-state index contributed by atoms with van der Waals surface area (Å²) in [5.41, 5.74) is 3.70. The van der Waals surface area contributed by atoms with Crippen LogP contribution >= 0.6 is 0 Å². The van der Waals surface area contributed by atoms with Crippen LogP contribution in [-0.2, 0) is 16.0 Å². The highest BCUT2D eigenvalue weighted by atomic mass is 16.2. The van der Waals surface area contributed by atoms with Crippen molar-refractivity contribution >= 4 is 23.1 Å². The third kappa shape index (κ3) is 2.19. The number of hydrogen-bond donors (Lipinski definition) is 1. The monoisotopic (exact) mass is 310 g/mol. The van der Waals surface area contributed by atoms with Crippen LogP contribution in [0.3, 0.4) is 0 Å². The third-order valence-corrected chi connectivity index (χ3v) is 5.69. The number of aldehydes is 1. The Morgan fingerprint density at radius 1 is 1.39 bits per heavy atom. The van der Waals surface area contributed by atoms with Gasteiger partial charge in [-0.05, 0) is 36.8 Å². The van der Waals surface area contributed by atoms with Gasteiger partial charge in [0.25, 0.3) is 0 Å². The van der Waals surface area contributed by atoms with Crippen molar-refractivity contribution in [1.82, 2.24) is 9.88 Å². The first kappa shape index (κ1) is 14.5. The second kappa shape index (κ2) is 5.52. The molecule has 2 aliphatic rings. The average Bonchev–Trinajstić information content (AvgIpc) is 2.95. The number of carbonyl (C=O) groups is 2. The maximum Gasteiger partial charge on any atom is 0.223 e. The number of aromatic amines is 1. The van der Waals surface area contributed by atoms with Gasteiger partial charge in [0, 0.05) is 35.5 Å². The van der Waals surface area contributed by atoms with Crippen molar-refractivity contribution < 1.29 is 9.59 Å². The van der Waals surface area contributed by atoms with Gasteiger partial charge in [0.05, 0.1) is 6.04 Å². The van der Waals surface area contributed by atoms with E-state index in [4.69, 9.17) is 0 Å². The maximum atomic E-state index is 12.6. The molecule has 3 heterocycles. The molecular formula is C19H22N2O2. The minimum atomic E-state index is -0.00384. The Kier molecular flexibility index (Phi) is 3.47. The van der Waals surface area contributed by atoms with Gasteiger partial charge in [-0.25, -0.2) is 0 Å². The summed E-state index contributed by atoms with van der Waals surface area (Å²) in [5, 5.41) is 1.28. The average molecular weight is 310 g/mol. The van der Waals surface area contributed by atoms with E-state index in [1.165, 1.54) is 16.6 Å². The highest BCUT2D eigenvalue weighted by Gasteiger charge is 2.41. The predicted molar refractivity (Wildman–Crippen MR) is 89.0 cm³/mol. The number of nitrogens with one attached hydrogen (secondary N) is 1. The van der Waals surface area contributed by atoms with Crippen LogP contribution < -0.4 is 0 Å². The Morgan fingerprint density at radius 3 is 3.00 bits per heavy atom. The normalized spacial score (nSPS) is 25.1. The Bertz CT molecular complexity index is 764. The summed E-state index contributed by atoms with van der Waals surface area (Å²) in [7, 11) is 0. The number of carbonyl (C=O) groups excluding carboxylic acids is 2. The number of amides is 1. The zero-order chi connectivity index (χ0) is 16.0. The summed E-state index contributed by atoms with van der Waals surface area (Å²) in [5.74, 6) is 0.371. The highest BCUT2D eigenvalue weighted by Crippen LogP contribution is 2.43. The van der Waals surface area contributed by atoms with Crippen molar-refractivity contribution in [1.29, 1.82) is 0 Å². The van der Waals surface area contributed by atoms with Crippen molar-refractivity contribution in [2.45, 2.75) is 38.6 Å². The van der Waals surface area contributed by atoms with Crippen molar-refractivity contribution in [3.05, 3.63) is 35.5 Å². The number of nitrogens with zero attached hydrogens (tertiary/aromatic N) is 1. The molecular weight excluding hydrogens is 288 g/mol. The van der Waals surface area contributed by atoms with E-state index < -0.39 is 0 Å². The minimum absolute atomic E-state index is 0.00384. The molecule has 2 aromatic rings. The van der Waals surface area contributed by atoms with Crippen LogP contribution in [0.2, 0.25) is 0 Å². The zero-order valence-electron chi connectivity index (χ0n) is 13.4. The lowest BCUT2D eigenvalue weighted by Crippen LogP contribution is -2.46. The first-order valence-corrected chi connectivity index (χ1v) is 8.57. The first-order valence-electron chi connectivity index (χ1n) is 8.57. The van der Waals surface area contributed by atoms with Crippen molar-refractivity contribution in [2.75, 3.05) is 6.54 Å². The smallest absolute Gasteiger partial charge is 0.223 e. The summed E-state index contributed by atoms with van der Waals surface area (Å²) in [4.78, 5) is 29.5. The fourth-order valence-corrected chi connectivity index (χ4v) is 4.44. The molecule has 0 radical (unpaired) electrons. The van der Waals surface area contributed by atoms with E-state index in [0.29, 0.717) is 6.42 Å². The predicted octanol–water partition coefficient (Wildman–Crippen LogP) is 3.23. The summed E-state index contributed by atoms with van der Waals surface area (Å²) in [6.07, 6.45) is 4.18. The number of aromatic nitrogens is 1. The number of benzene rings is 1. The molecule has 1 N–H and O–H groups in total. The number of H-pyrrole nitrogens is 1. The first-order chi connectivity index (χ1) is 11.2. The van der Waals surface area contributed by atoms with Crippen LogP contribution in [0.4, 0.5) is 0 Å². The molecule has 0 unspecified atom stereocenters. The molecule has 3 atom stereocenters. The highest BCUT2D eigenvalue weighted by molar-refractivity contribution is 5.86. The van der Waals surface area contributed by atoms with Crippen LogP contribution in [0.1, 0.15) is 43.5 Å². The summed E-state index contributed by atoms with van der Waals surface area (Å²) < 4.78 is 0. The fraction of sp³-hybridized carbons (Fsp3) is 0.474. The Morgan fingerprint density at radius 2 is 2.22 bits per heavy atom. The number of hydrogen-bond acceptors (Lipinski definition) is 2. The molecule has 4 nitrogen and oxygen atoms in total. The lowest BCUT2D eigenvalue weighted by molar-refractivity contribution is -0.140. The fourth-order valence-electron chi connectivity index (χ4n) is 4.44. The second-order valence-corrected chi connectivity index (χ2v) is 6.82. The van der Waals surface area contributed by atoms with Gasteiger partial charge in [0.15, 0.2) is 0 Å². The Balaban J connectivity index is 1.75. The van der Waals surface area contributed by atoms with Gasteiger partial charge in [0.2, 0.25) is 5.91 Å². The molecule has 1 saturated heterocycles. The maximum absolute atomic E-state index is 12.6. The molecule has 120 valence electrons. The van der Waals surface area contributed by atoms with E-state index in [0.717, 1.165) is 37.6 Å². The summed E-state index contributed by atoms with van der Waals surface area (Å²) >= 11 is 0. The Labute approximate surface area is 135 Å². The van der Waals surface area contributed by atoms with Crippen LogP contribution in [0.25, 0.3) is 10.9 Å². The van der Waals surface area contributed by atoms with Crippen LogP contribution in [-0.4, -0.2) is 28.6 Å². The molecule has 4 rings (SSSR count). The van der Waals surface area contributed by atoms with E-state index in [1.807, 2.05) is 17.9 Å². The summed E-state index contributed by atoms with van der Waals surface area (Å²) in [6, 6.07) is 8.46. The van der Waals surface area contributed by atoms with Crippen LogP contribution in [0.15, 0.2) is 24.3 Å². The molecule has 0 bridgehead atoms. The van der Waals surface area contributed by atoms with E-state index in [9.17, 15) is 9.59 Å². The topological polar surface area (TPSA) is 53.2 Å². The van der Waals surface area contributed by atoms with Crippen molar-refractivity contribution in [3.63, 3.8) is 0 Å². The summed E-state index contributed by atoms with van der Waals surface area (Å²) in [6.45, 7) is 2.83. The van der Waals surface area contributed by atoms with Crippen molar-refractivity contribution in [3.8, 4) is 0 Å². The van der Waals surface area contributed by atoms with Crippen molar-refractivity contribution in [2.24, 2.45) is 11.8 Å². The van der Waals surface area contributed by atoms with E-state index in [2.05, 4.69) is 23.2 Å². The number of para-hydroxylation sites is 1. The van der Waals surface area contributed by atoms with Gasteiger partial charge < -0.3 is 14.7 Å². The van der Waals surface area contributed by atoms with E-state index >= 15 is 0 Å². The third-order valence-electron chi connectivity index (χ3n) is 5.69. The van der Waals surface area contributed by atoms with Crippen LogP contribution in [0.5, 0.6) is 0 Å². The largest absolute Gasteiger partial charge is 0.356 e. The van der Waals surface area contributed by atoms with Gasteiger partial charge in [-0.3, -0.25) is 4.79 Å². The zero-order valence-corrected chi connectivity index (χ0v) is 13.4. The molecule has 1 aromatic heterocycles. The molecule has 1 fully saturated rings. The number of rotatable bonds is 3. The molecule has 1 amide bonds. The molecule has 23 heavy (non-hydrogen) atoms. The SMILES string of the molecule is CC[C@H](C=O)[C@H]1CC(=O)N2CCc3c([nH]c4ccccc34)[C@@H]2C1. The minimum Gasteiger partial charge on any atom is -0.356 e. The second-order valence-electron chi connectivity index (χ2n) is 6.82. The molecule has 0 saturated carbocycles. The molecule has 2 aliphatic heterocycles. The molecule has 4 heteroatoms. The lowest BCUT2D eigenvalue weighted by atomic mass is 9.77. The quantitative estimate of drug-likeness (QED) is 0.885. The standard InChI is InChI=1S/C19H22N2O2/c1-2-12(11-22)13-9-17-19-15(7-8-21(17)18(23)10-13)14-5-3-4-6-16(14)20-19/h3-6,11-13,17,20H,2,7-10H2,1H3/t12-,13-,17+/m1/s1. The molecule has 0 spiro atoms. The van der Waals surface area contributed by atoms with Gasteiger partial charge >= 0.3 is 0 Å². The van der Waals surface area contributed by atoms with Gasteiger partial charge in [-0.15, -0.1) is 0 Å². The molecule has 1 aromatic carbocycles. The van der Waals surface area contributed by atoms with Crippen LogP contribution in [0, 0.1) is 11.8 Å². The number of piperidine rings is 1. The van der Waals surface area contributed by atoms with Gasteiger partial charge in [-0.1, -0.05) is 25.1 Å². The van der Waals surface area contributed by atoms with Gasteiger partial charge in [-0.2, -0.15) is 0 Å². The lowest BCUT2D eigenvalue weighted by Gasteiger charge is -2.43. The molecule has 0 aliphatic carbocycles. The Hall–Kier alpha value is -2.10. The van der Waals surface area contributed by atoms with E-state index in [1.54, 1.807) is 0 Å².